The van der Waals surface area contributed by atoms with E-state index in [1.165, 1.54) is 33.4 Å². The first-order valence-electron chi connectivity index (χ1n) is 9.45. The number of halogens is 2. The van der Waals surface area contributed by atoms with Crippen molar-refractivity contribution in [2.24, 2.45) is 0 Å². The van der Waals surface area contributed by atoms with E-state index in [1.54, 1.807) is 19.1 Å². The van der Waals surface area contributed by atoms with Crippen molar-refractivity contribution >= 4 is 27.8 Å². The first kappa shape index (κ1) is 19.6. The third-order valence-corrected chi connectivity index (χ3v) is 5.01. The van der Waals surface area contributed by atoms with Crippen molar-refractivity contribution in [1.29, 1.82) is 0 Å². The largest absolute Gasteiger partial charge is 0.333 e. The Morgan fingerprint density at radius 3 is 2.50 bits per heavy atom. The van der Waals surface area contributed by atoms with Crippen molar-refractivity contribution < 1.29 is 8.78 Å². The van der Waals surface area contributed by atoms with E-state index in [2.05, 4.69) is 16.4 Å². The lowest BCUT2D eigenvalue weighted by Crippen LogP contribution is -2.25. The number of benzene rings is 2. The van der Waals surface area contributed by atoms with Gasteiger partial charge in [-0.3, -0.25) is 9.13 Å². The maximum Gasteiger partial charge on any atom is 0.333 e. The van der Waals surface area contributed by atoms with Crippen LogP contribution in [-0.4, -0.2) is 25.2 Å². The number of fused-ring (bicyclic) bond motifs is 2. The number of nitrogens with zero attached hydrogens (tertiary/aromatic N) is 5. The van der Waals surface area contributed by atoms with Crippen LogP contribution in [0.25, 0.3) is 32.6 Å². The van der Waals surface area contributed by atoms with Gasteiger partial charge >= 0.3 is 5.69 Å². The van der Waals surface area contributed by atoms with Gasteiger partial charge in [0, 0.05) is 24.7 Å². The second-order valence-electron chi connectivity index (χ2n) is 7.12. The van der Waals surface area contributed by atoms with Gasteiger partial charge in [-0.05, 0) is 37.3 Å². The fraction of sp³-hybridized carbons (Fsp3) is 0.227. The second kappa shape index (κ2) is 7.59. The molecule has 0 radical (unpaired) electrons. The molecule has 8 heteroatoms. The monoisotopic (exact) mass is 407 g/mol. The summed E-state index contributed by atoms with van der Waals surface area (Å²) in [4.78, 5) is 21.0. The summed E-state index contributed by atoms with van der Waals surface area (Å²) in [7, 11) is 0. The van der Waals surface area contributed by atoms with Crippen LogP contribution in [0.2, 0.25) is 0 Å². The number of imidazole rings is 2. The number of hydrogen-bond acceptors (Lipinski definition) is 2. The zero-order valence-electron chi connectivity index (χ0n) is 16.4. The predicted octanol–water partition coefficient (Wildman–Crippen LogP) is 4.28. The number of aromatic nitrogens is 4. The average molecular weight is 407 g/mol. The Morgan fingerprint density at radius 2 is 1.80 bits per heavy atom. The molecule has 6 nitrogen and oxygen atoms in total. The first-order valence-corrected chi connectivity index (χ1v) is 9.45. The minimum absolute atomic E-state index is 0.0768. The molecule has 4 aromatic rings. The van der Waals surface area contributed by atoms with Gasteiger partial charge in [0.1, 0.15) is 17.5 Å². The molecule has 2 aromatic carbocycles. The lowest BCUT2D eigenvalue weighted by molar-refractivity contribution is 0.613. The smallest absolute Gasteiger partial charge is 0.326 e. The van der Waals surface area contributed by atoms with Gasteiger partial charge in [-0.2, -0.15) is 0 Å². The lowest BCUT2D eigenvalue weighted by atomic mass is 10.3. The van der Waals surface area contributed by atoms with Gasteiger partial charge in [-0.25, -0.2) is 25.1 Å². The summed E-state index contributed by atoms with van der Waals surface area (Å²) < 4.78 is 32.4. The first-order chi connectivity index (χ1) is 14.4. The molecule has 152 valence electrons. The average Bonchev–Trinajstić information content (AvgIpc) is 3.16. The van der Waals surface area contributed by atoms with Gasteiger partial charge in [-0.15, -0.1) is 0 Å². The Kier molecular flexibility index (Phi) is 4.96. The van der Waals surface area contributed by atoms with Crippen LogP contribution in [0.4, 0.5) is 8.78 Å². The summed E-state index contributed by atoms with van der Waals surface area (Å²) in [6.45, 7) is 13.5. The van der Waals surface area contributed by atoms with Crippen LogP contribution in [0.1, 0.15) is 19.2 Å². The van der Waals surface area contributed by atoms with Gasteiger partial charge in [-0.1, -0.05) is 6.58 Å². The van der Waals surface area contributed by atoms with Crippen LogP contribution in [0.3, 0.4) is 0 Å². The maximum atomic E-state index is 14.0. The summed E-state index contributed by atoms with van der Waals surface area (Å²) in [5, 5.41) is 0. The third kappa shape index (κ3) is 3.28. The van der Waals surface area contributed by atoms with Gasteiger partial charge in [0.05, 0.1) is 28.6 Å². The minimum Gasteiger partial charge on any atom is -0.326 e. The highest BCUT2D eigenvalue weighted by Crippen LogP contribution is 2.22. The molecule has 0 N–H and O–H groups in total. The molecule has 2 aromatic heterocycles. The standard InChI is InChI=1S/C22H19F2N5O/c1-14(2)29-19-8-6-16(24)12-20(19)28(22(29)30)13-21-26-17-11-15(23)5-7-18(17)27(21)10-4-9-25-3/h5-8,11-12H,1,4,9-10,13H2,2H3. The van der Waals surface area contributed by atoms with E-state index in [1.807, 2.05) is 4.57 Å². The highest BCUT2D eigenvalue weighted by molar-refractivity contribution is 5.80. The third-order valence-electron chi connectivity index (χ3n) is 5.01. The van der Waals surface area contributed by atoms with E-state index < -0.39 is 11.6 Å². The molecule has 0 aliphatic rings. The van der Waals surface area contributed by atoms with Crippen LogP contribution < -0.4 is 5.69 Å². The fourth-order valence-electron chi connectivity index (χ4n) is 3.72. The van der Waals surface area contributed by atoms with E-state index in [0.717, 1.165) is 5.52 Å². The molecule has 0 unspecified atom stereocenters. The van der Waals surface area contributed by atoms with E-state index in [0.29, 0.717) is 47.6 Å². The van der Waals surface area contributed by atoms with E-state index in [4.69, 9.17) is 6.57 Å². The maximum absolute atomic E-state index is 14.0. The lowest BCUT2D eigenvalue weighted by Gasteiger charge is -2.08. The molecule has 0 fully saturated rings. The normalized spacial score (nSPS) is 11.3. The van der Waals surface area contributed by atoms with Gasteiger partial charge in [0.25, 0.3) is 0 Å². The van der Waals surface area contributed by atoms with Crippen molar-refractivity contribution in [3.05, 3.63) is 82.3 Å². The van der Waals surface area contributed by atoms with Gasteiger partial charge in [0.15, 0.2) is 0 Å². The highest BCUT2D eigenvalue weighted by Gasteiger charge is 2.18. The zero-order valence-corrected chi connectivity index (χ0v) is 16.4. The molecule has 0 aliphatic heterocycles. The summed E-state index contributed by atoms with van der Waals surface area (Å²) in [5.74, 6) is -0.326. The second-order valence-corrected chi connectivity index (χ2v) is 7.12. The van der Waals surface area contributed by atoms with Gasteiger partial charge < -0.3 is 9.41 Å². The van der Waals surface area contributed by atoms with Crippen LogP contribution in [0.5, 0.6) is 0 Å². The predicted molar refractivity (Wildman–Crippen MR) is 112 cm³/mol. The summed E-state index contributed by atoms with van der Waals surface area (Å²) in [5.41, 5.74) is 2.33. The molecule has 0 saturated carbocycles. The molecule has 4 rings (SSSR count). The zero-order chi connectivity index (χ0) is 21.4. The molecule has 0 atom stereocenters. The fourth-order valence-corrected chi connectivity index (χ4v) is 3.72. The quantitative estimate of drug-likeness (QED) is 0.354. The van der Waals surface area contributed by atoms with E-state index >= 15 is 0 Å². The SMILES string of the molecule is [C-]#[N+]CCCn1c(Cn2c(=O)n(C(=C)C)c3ccc(F)cc32)nc2cc(F)ccc21. The van der Waals surface area contributed by atoms with Crippen molar-refractivity contribution in [1.82, 2.24) is 18.7 Å². The molecule has 0 aliphatic carbocycles. The topological polar surface area (TPSA) is 49.1 Å². The number of allylic oxidation sites excluding steroid dienone is 1. The van der Waals surface area contributed by atoms with Crippen LogP contribution in [0, 0.1) is 18.2 Å². The van der Waals surface area contributed by atoms with Crippen molar-refractivity contribution in [2.75, 3.05) is 6.54 Å². The Balaban J connectivity index is 1.90. The van der Waals surface area contributed by atoms with Gasteiger partial charge in [0.2, 0.25) is 6.54 Å². The molecular weight excluding hydrogens is 388 g/mol. The van der Waals surface area contributed by atoms with Crippen molar-refractivity contribution in [3.63, 3.8) is 0 Å². The van der Waals surface area contributed by atoms with E-state index in [-0.39, 0.29) is 12.2 Å². The van der Waals surface area contributed by atoms with Crippen LogP contribution in [-0.2, 0) is 13.1 Å². The summed E-state index contributed by atoms with van der Waals surface area (Å²) >= 11 is 0. The molecule has 2 heterocycles. The summed E-state index contributed by atoms with van der Waals surface area (Å²) in [6, 6.07) is 8.48. The Morgan fingerprint density at radius 1 is 1.10 bits per heavy atom. The highest BCUT2D eigenvalue weighted by atomic mass is 19.1. The molecule has 0 saturated heterocycles. The van der Waals surface area contributed by atoms with Crippen molar-refractivity contribution in [2.45, 2.75) is 26.4 Å². The number of hydrogen-bond donors (Lipinski definition) is 0. The Bertz CT molecular complexity index is 1390. The molecule has 0 bridgehead atoms. The number of rotatable bonds is 6. The van der Waals surface area contributed by atoms with Crippen LogP contribution in [0.15, 0.2) is 47.8 Å². The Hall–Kier alpha value is -3.73. The molecule has 30 heavy (non-hydrogen) atoms. The minimum atomic E-state index is -0.456. The van der Waals surface area contributed by atoms with Crippen molar-refractivity contribution in [3.8, 4) is 0 Å². The van der Waals surface area contributed by atoms with E-state index in [9.17, 15) is 13.6 Å². The number of aryl methyl sites for hydroxylation is 1. The summed E-state index contributed by atoms with van der Waals surface area (Å²) in [6.07, 6.45) is 0.594. The molecule has 0 spiro atoms. The molecule has 0 amide bonds. The molecular formula is C22H19F2N5O. The Labute approximate surface area is 171 Å². The van der Waals surface area contributed by atoms with Crippen LogP contribution >= 0.6 is 0 Å².